The SMILES string of the molecule is O=C1NC(=O)/C(=C/c2cnn3c(NC4CC4)nc(NCc4cccc(F)c4Cl)nc23)N1. The van der Waals surface area contributed by atoms with Crippen molar-refractivity contribution in [2.45, 2.75) is 25.4 Å². The summed E-state index contributed by atoms with van der Waals surface area (Å²) in [7, 11) is 0. The number of anilines is 2. The number of carbonyl (C=O) groups is 2. The van der Waals surface area contributed by atoms with Gasteiger partial charge in [0, 0.05) is 18.2 Å². The van der Waals surface area contributed by atoms with E-state index >= 15 is 0 Å². The van der Waals surface area contributed by atoms with E-state index in [1.54, 1.807) is 12.1 Å². The fourth-order valence-electron chi connectivity index (χ4n) is 3.08. The summed E-state index contributed by atoms with van der Waals surface area (Å²) in [6, 6.07) is 4.28. The summed E-state index contributed by atoms with van der Waals surface area (Å²) in [5, 5.41) is 15.3. The lowest BCUT2D eigenvalue weighted by atomic mass is 10.2. The molecule has 1 aliphatic heterocycles. The number of nitrogens with zero attached hydrogens (tertiary/aromatic N) is 4. The molecule has 2 aromatic heterocycles. The lowest BCUT2D eigenvalue weighted by Crippen LogP contribution is -2.22. The van der Waals surface area contributed by atoms with E-state index in [4.69, 9.17) is 11.6 Å². The summed E-state index contributed by atoms with van der Waals surface area (Å²) in [5.41, 5.74) is 1.59. The van der Waals surface area contributed by atoms with Crippen LogP contribution in [-0.2, 0) is 11.3 Å². The molecule has 3 amide bonds. The first-order valence-corrected chi connectivity index (χ1v) is 9.89. The molecule has 1 aliphatic carbocycles. The van der Waals surface area contributed by atoms with Crippen LogP contribution in [0.5, 0.6) is 0 Å². The summed E-state index contributed by atoms with van der Waals surface area (Å²) >= 11 is 6.03. The van der Waals surface area contributed by atoms with E-state index in [0.29, 0.717) is 28.8 Å². The lowest BCUT2D eigenvalue weighted by Gasteiger charge is -2.11. The molecule has 5 rings (SSSR count). The van der Waals surface area contributed by atoms with E-state index in [1.807, 2.05) is 0 Å². The molecule has 1 saturated heterocycles. The molecule has 1 saturated carbocycles. The fraction of sp³-hybridized carbons (Fsp3) is 0.211. The first kappa shape index (κ1) is 19.2. The minimum absolute atomic E-state index is 0.0326. The molecule has 3 heterocycles. The molecule has 3 aromatic rings. The molecular formula is C19H16ClFN8O2. The van der Waals surface area contributed by atoms with Crippen LogP contribution in [0.25, 0.3) is 11.7 Å². The van der Waals surface area contributed by atoms with Crippen LogP contribution < -0.4 is 21.3 Å². The number of halogens is 2. The highest BCUT2D eigenvalue weighted by molar-refractivity contribution is 6.31. The van der Waals surface area contributed by atoms with E-state index in [2.05, 4.69) is 36.3 Å². The Morgan fingerprint density at radius 2 is 2.10 bits per heavy atom. The van der Waals surface area contributed by atoms with Gasteiger partial charge in [0.25, 0.3) is 5.91 Å². The third-order valence-electron chi connectivity index (χ3n) is 4.79. The average molecular weight is 443 g/mol. The Morgan fingerprint density at radius 1 is 1.26 bits per heavy atom. The van der Waals surface area contributed by atoms with Crippen LogP contribution in [-0.4, -0.2) is 37.6 Å². The number of aromatic nitrogens is 4. The molecule has 4 N–H and O–H groups in total. The number of hydrogen-bond donors (Lipinski definition) is 4. The second-order valence-corrected chi connectivity index (χ2v) is 7.54. The number of hydrogen-bond acceptors (Lipinski definition) is 7. The van der Waals surface area contributed by atoms with Crippen molar-refractivity contribution in [2.75, 3.05) is 10.6 Å². The molecule has 0 atom stereocenters. The van der Waals surface area contributed by atoms with Gasteiger partial charge in [-0.25, -0.2) is 9.18 Å². The molecule has 2 aliphatic rings. The van der Waals surface area contributed by atoms with E-state index in [1.165, 1.54) is 22.9 Å². The quantitative estimate of drug-likeness (QED) is 0.341. The third-order valence-corrected chi connectivity index (χ3v) is 5.22. The molecule has 0 radical (unpaired) electrons. The van der Waals surface area contributed by atoms with Crippen LogP contribution in [0, 0.1) is 5.82 Å². The van der Waals surface area contributed by atoms with Crippen LogP contribution in [0.15, 0.2) is 30.1 Å². The Hall–Kier alpha value is -3.73. The highest BCUT2D eigenvalue weighted by Crippen LogP contribution is 2.26. The zero-order chi connectivity index (χ0) is 21.5. The Bertz CT molecular complexity index is 1250. The number of fused-ring (bicyclic) bond motifs is 1. The number of urea groups is 1. The van der Waals surface area contributed by atoms with Crippen molar-refractivity contribution in [3.63, 3.8) is 0 Å². The van der Waals surface area contributed by atoms with Crippen LogP contribution in [0.4, 0.5) is 21.1 Å². The third kappa shape index (κ3) is 3.87. The van der Waals surface area contributed by atoms with Crippen molar-refractivity contribution < 1.29 is 14.0 Å². The van der Waals surface area contributed by atoms with E-state index < -0.39 is 17.8 Å². The van der Waals surface area contributed by atoms with Gasteiger partial charge in [-0.15, -0.1) is 0 Å². The zero-order valence-corrected chi connectivity index (χ0v) is 16.7. The Balaban J connectivity index is 1.50. The summed E-state index contributed by atoms with van der Waals surface area (Å²) < 4.78 is 15.2. The van der Waals surface area contributed by atoms with Gasteiger partial charge in [0.1, 0.15) is 11.5 Å². The van der Waals surface area contributed by atoms with Gasteiger partial charge in [-0.1, -0.05) is 23.7 Å². The molecule has 158 valence electrons. The molecule has 12 heteroatoms. The Labute approximate surface area is 179 Å². The van der Waals surface area contributed by atoms with E-state index in [9.17, 15) is 14.0 Å². The maximum Gasteiger partial charge on any atom is 0.326 e. The molecule has 0 spiro atoms. The Morgan fingerprint density at radius 3 is 2.84 bits per heavy atom. The van der Waals surface area contributed by atoms with Crippen molar-refractivity contribution in [2.24, 2.45) is 0 Å². The summed E-state index contributed by atoms with van der Waals surface area (Å²) in [6.07, 6.45) is 5.07. The van der Waals surface area contributed by atoms with Crippen LogP contribution in [0.3, 0.4) is 0 Å². The van der Waals surface area contributed by atoms with Gasteiger partial charge in [0.05, 0.1) is 11.2 Å². The van der Waals surface area contributed by atoms with Gasteiger partial charge < -0.3 is 16.0 Å². The number of carbonyl (C=O) groups excluding carboxylic acids is 2. The van der Waals surface area contributed by atoms with Crippen molar-refractivity contribution in [1.82, 2.24) is 30.2 Å². The second-order valence-electron chi connectivity index (χ2n) is 7.16. The van der Waals surface area contributed by atoms with Gasteiger partial charge in [-0.2, -0.15) is 19.6 Å². The minimum atomic E-state index is -0.590. The molecule has 0 unspecified atom stereocenters. The van der Waals surface area contributed by atoms with Crippen LogP contribution in [0.1, 0.15) is 24.0 Å². The zero-order valence-electron chi connectivity index (χ0n) is 15.9. The van der Waals surface area contributed by atoms with Crippen molar-refractivity contribution in [3.8, 4) is 0 Å². The van der Waals surface area contributed by atoms with Gasteiger partial charge in [0.2, 0.25) is 11.9 Å². The smallest absolute Gasteiger partial charge is 0.326 e. The van der Waals surface area contributed by atoms with Crippen molar-refractivity contribution in [1.29, 1.82) is 0 Å². The predicted octanol–water partition coefficient (Wildman–Crippen LogP) is 2.28. The number of rotatable bonds is 6. The average Bonchev–Trinajstić information content (AvgIpc) is 3.37. The van der Waals surface area contributed by atoms with E-state index in [-0.39, 0.29) is 23.2 Å². The number of benzene rings is 1. The second kappa shape index (κ2) is 7.51. The monoisotopic (exact) mass is 442 g/mol. The Kier molecular flexibility index (Phi) is 4.66. The maximum atomic E-state index is 13.7. The number of amides is 3. The fourth-order valence-corrected chi connectivity index (χ4v) is 3.27. The predicted molar refractivity (Wildman–Crippen MR) is 111 cm³/mol. The molecular weight excluding hydrogens is 427 g/mol. The van der Waals surface area contributed by atoms with Gasteiger partial charge >= 0.3 is 6.03 Å². The van der Waals surface area contributed by atoms with Crippen molar-refractivity contribution >= 4 is 47.2 Å². The molecule has 1 aromatic carbocycles. The largest absolute Gasteiger partial charge is 0.351 e. The molecule has 0 bridgehead atoms. The van der Waals surface area contributed by atoms with Crippen LogP contribution >= 0.6 is 11.6 Å². The molecule has 31 heavy (non-hydrogen) atoms. The van der Waals surface area contributed by atoms with Gasteiger partial charge in [-0.05, 0) is 30.5 Å². The first-order chi connectivity index (χ1) is 15.0. The van der Waals surface area contributed by atoms with Gasteiger partial charge in [-0.3, -0.25) is 10.1 Å². The summed E-state index contributed by atoms with van der Waals surface area (Å²) in [6.45, 7) is 0.207. The highest BCUT2D eigenvalue weighted by Gasteiger charge is 2.26. The summed E-state index contributed by atoms with van der Waals surface area (Å²) in [4.78, 5) is 32.2. The standard InChI is InChI=1S/C19H16ClFN8O2/c20-14-9(2-1-3-12(14)21)7-22-17-26-15-10(6-13-16(30)27-19(31)25-13)8-23-29(15)18(28-17)24-11-4-5-11/h1-3,6,8,11H,4-5,7H2,(H2,22,24,26,28)(H2,25,27,30,31)/b13-6-. The van der Waals surface area contributed by atoms with Crippen LogP contribution in [0.2, 0.25) is 5.02 Å². The highest BCUT2D eigenvalue weighted by atomic mass is 35.5. The lowest BCUT2D eigenvalue weighted by molar-refractivity contribution is -0.115. The van der Waals surface area contributed by atoms with Crippen molar-refractivity contribution in [3.05, 3.63) is 52.1 Å². The topological polar surface area (TPSA) is 125 Å². The normalized spacial score (nSPS) is 17.2. The number of imide groups is 1. The van der Waals surface area contributed by atoms with E-state index in [0.717, 1.165) is 12.8 Å². The first-order valence-electron chi connectivity index (χ1n) is 9.51. The minimum Gasteiger partial charge on any atom is -0.351 e. The number of nitrogens with one attached hydrogen (secondary N) is 4. The molecule has 10 nitrogen and oxygen atoms in total. The summed E-state index contributed by atoms with van der Waals surface area (Å²) in [5.74, 6) is -0.287. The van der Waals surface area contributed by atoms with Gasteiger partial charge in [0.15, 0.2) is 5.65 Å². The molecule has 2 fully saturated rings. The maximum absolute atomic E-state index is 13.7.